The molecular formula is C18H15Cl2FN4O. The third-order valence-corrected chi connectivity index (χ3v) is 4.46. The van der Waals surface area contributed by atoms with Crippen molar-refractivity contribution in [1.29, 1.82) is 0 Å². The molecule has 3 N–H and O–H groups in total. The first-order valence-corrected chi connectivity index (χ1v) is 8.45. The molecule has 5 nitrogen and oxygen atoms in total. The highest BCUT2D eigenvalue weighted by Gasteiger charge is 2.12. The van der Waals surface area contributed by atoms with E-state index >= 15 is 0 Å². The van der Waals surface area contributed by atoms with E-state index < -0.39 is 12.6 Å². The average molecular weight is 393 g/mol. The standard InChI is InChI=1S/C18H15Cl2FN4O/c19-13-3-2-12(15(20)8-13)10-25-17-7-11(9-21)1-4-14(17)16(24-25)5-6-18(26)23-22/h1-8H,9-10,22H2,(H,23,26)/b6-5+. The van der Waals surface area contributed by atoms with E-state index in [-0.39, 0.29) is 0 Å². The number of halogens is 3. The highest BCUT2D eigenvalue weighted by atomic mass is 35.5. The number of alkyl halides is 1. The molecule has 3 aromatic rings. The summed E-state index contributed by atoms with van der Waals surface area (Å²) in [5.74, 6) is 4.63. The zero-order valence-corrected chi connectivity index (χ0v) is 15.1. The van der Waals surface area contributed by atoms with Crippen molar-refractivity contribution in [3.63, 3.8) is 0 Å². The number of carbonyl (C=O) groups is 1. The predicted molar refractivity (Wildman–Crippen MR) is 101 cm³/mol. The summed E-state index contributed by atoms with van der Waals surface area (Å²) >= 11 is 12.2. The zero-order chi connectivity index (χ0) is 18.7. The third kappa shape index (κ3) is 3.88. The third-order valence-electron chi connectivity index (χ3n) is 3.87. The van der Waals surface area contributed by atoms with E-state index in [2.05, 4.69) is 5.10 Å². The van der Waals surface area contributed by atoms with Gasteiger partial charge in [-0.2, -0.15) is 5.10 Å². The summed E-state index contributed by atoms with van der Waals surface area (Å²) in [4.78, 5) is 11.4. The number of fused-ring (bicyclic) bond motifs is 1. The second kappa shape index (κ2) is 7.86. The van der Waals surface area contributed by atoms with Crippen molar-refractivity contribution in [1.82, 2.24) is 15.2 Å². The highest BCUT2D eigenvalue weighted by molar-refractivity contribution is 6.35. The summed E-state index contributed by atoms with van der Waals surface area (Å²) in [6, 6.07) is 10.4. The minimum absolute atomic E-state index is 0.374. The molecule has 0 saturated heterocycles. The molecule has 0 aliphatic rings. The van der Waals surface area contributed by atoms with E-state index in [0.717, 1.165) is 16.5 Å². The first-order chi connectivity index (χ1) is 12.5. The second-order valence-corrected chi connectivity index (χ2v) is 6.45. The van der Waals surface area contributed by atoms with Crippen molar-refractivity contribution in [2.75, 3.05) is 0 Å². The van der Waals surface area contributed by atoms with Crippen LogP contribution in [0.5, 0.6) is 0 Å². The lowest BCUT2D eigenvalue weighted by molar-refractivity contribution is -0.116. The number of hydrogen-bond acceptors (Lipinski definition) is 3. The average Bonchev–Trinajstić information content (AvgIpc) is 2.98. The monoisotopic (exact) mass is 392 g/mol. The van der Waals surface area contributed by atoms with Crippen LogP contribution in [0.25, 0.3) is 17.0 Å². The molecule has 2 aromatic carbocycles. The van der Waals surface area contributed by atoms with Crippen molar-refractivity contribution >= 4 is 46.1 Å². The topological polar surface area (TPSA) is 72.9 Å². The van der Waals surface area contributed by atoms with Crippen LogP contribution in [-0.4, -0.2) is 15.7 Å². The Morgan fingerprint density at radius 3 is 2.77 bits per heavy atom. The lowest BCUT2D eigenvalue weighted by Gasteiger charge is -2.07. The van der Waals surface area contributed by atoms with Gasteiger partial charge in [-0.1, -0.05) is 41.4 Å². The number of amides is 1. The molecule has 0 fully saturated rings. The van der Waals surface area contributed by atoms with Gasteiger partial charge in [-0.3, -0.25) is 14.9 Å². The van der Waals surface area contributed by atoms with Crippen molar-refractivity contribution in [2.24, 2.45) is 5.84 Å². The number of aromatic nitrogens is 2. The summed E-state index contributed by atoms with van der Waals surface area (Å²) in [5, 5.41) is 6.37. The number of nitrogens with zero attached hydrogens (tertiary/aromatic N) is 2. The Hall–Kier alpha value is -2.41. The second-order valence-electron chi connectivity index (χ2n) is 5.61. The van der Waals surface area contributed by atoms with Crippen molar-refractivity contribution in [3.05, 3.63) is 69.3 Å². The molecule has 0 atom stereocenters. The zero-order valence-electron chi connectivity index (χ0n) is 13.5. The fourth-order valence-corrected chi connectivity index (χ4v) is 3.05. The fraction of sp³-hybridized carbons (Fsp3) is 0.111. The number of nitrogens with two attached hydrogens (primary N) is 1. The van der Waals surface area contributed by atoms with E-state index in [1.54, 1.807) is 41.1 Å². The quantitative estimate of drug-likeness (QED) is 0.299. The summed E-state index contributed by atoms with van der Waals surface area (Å²) in [7, 11) is 0. The van der Waals surface area contributed by atoms with Gasteiger partial charge in [0.25, 0.3) is 5.91 Å². The van der Waals surface area contributed by atoms with Crippen LogP contribution in [0.1, 0.15) is 16.8 Å². The molecule has 8 heteroatoms. The number of carbonyl (C=O) groups excluding carboxylic acids is 1. The molecule has 0 unspecified atom stereocenters. The smallest absolute Gasteiger partial charge is 0.257 e. The lowest BCUT2D eigenvalue weighted by atomic mass is 10.1. The summed E-state index contributed by atoms with van der Waals surface area (Å²) in [6.07, 6.45) is 2.84. The summed E-state index contributed by atoms with van der Waals surface area (Å²) in [5.41, 5.74) is 4.68. The van der Waals surface area contributed by atoms with Crippen LogP contribution in [0, 0.1) is 0 Å². The van der Waals surface area contributed by atoms with E-state index in [0.29, 0.717) is 27.8 Å². The van der Waals surface area contributed by atoms with Crippen LogP contribution in [0.4, 0.5) is 4.39 Å². The van der Waals surface area contributed by atoms with E-state index in [4.69, 9.17) is 29.0 Å². The maximum Gasteiger partial charge on any atom is 0.257 e. The number of benzene rings is 2. The van der Waals surface area contributed by atoms with Crippen molar-refractivity contribution < 1.29 is 9.18 Å². The molecule has 1 aromatic heterocycles. The Bertz CT molecular complexity index is 1000. The molecule has 0 aliphatic heterocycles. The highest BCUT2D eigenvalue weighted by Crippen LogP contribution is 2.26. The molecule has 0 saturated carbocycles. The minimum atomic E-state index is -0.580. The molecule has 0 aliphatic carbocycles. The number of hydrazine groups is 1. The molecule has 0 bridgehead atoms. The van der Waals surface area contributed by atoms with Gasteiger partial charge in [0.1, 0.15) is 6.67 Å². The van der Waals surface area contributed by atoms with Gasteiger partial charge in [-0.25, -0.2) is 10.2 Å². The Morgan fingerprint density at radius 2 is 2.08 bits per heavy atom. The van der Waals surface area contributed by atoms with Gasteiger partial charge in [-0.05, 0) is 35.4 Å². The van der Waals surface area contributed by atoms with Crippen LogP contribution in [0.3, 0.4) is 0 Å². The first-order valence-electron chi connectivity index (χ1n) is 7.70. The van der Waals surface area contributed by atoms with Crippen LogP contribution >= 0.6 is 23.2 Å². The Morgan fingerprint density at radius 1 is 1.27 bits per heavy atom. The summed E-state index contributed by atoms with van der Waals surface area (Å²) in [6.45, 7) is -0.206. The van der Waals surface area contributed by atoms with Gasteiger partial charge < -0.3 is 0 Å². The molecular weight excluding hydrogens is 378 g/mol. The first kappa shape index (κ1) is 18.4. The van der Waals surface area contributed by atoms with E-state index in [1.807, 2.05) is 11.5 Å². The van der Waals surface area contributed by atoms with Gasteiger partial charge in [0.2, 0.25) is 0 Å². The van der Waals surface area contributed by atoms with Gasteiger partial charge in [0.05, 0.1) is 17.8 Å². The number of rotatable bonds is 5. The van der Waals surface area contributed by atoms with Crippen LogP contribution in [-0.2, 0) is 18.0 Å². The van der Waals surface area contributed by atoms with Crippen molar-refractivity contribution in [2.45, 2.75) is 13.2 Å². The Kier molecular flexibility index (Phi) is 5.56. The molecule has 3 rings (SSSR count). The van der Waals surface area contributed by atoms with E-state index in [1.165, 1.54) is 6.08 Å². The Balaban J connectivity index is 2.08. The number of nitrogens with one attached hydrogen (secondary N) is 1. The molecule has 0 radical (unpaired) electrons. The summed E-state index contributed by atoms with van der Waals surface area (Å²) < 4.78 is 14.8. The van der Waals surface area contributed by atoms with Gasteiger partial charge in [0.15, 0.2) is 0 Å². The Labute approximate surface area is 159 Å². The fourth-order valence-electron chi connectivity index (χ4n) is 2.59. The van der Waals surface area contributed by atoms with Crippen LogP contribution in [0.2, 0.25) is 10.0 Å². The molecule has 0 spiro atoms. The number of hydrogen-bond donors (Lipinski definition) is 2. The predicted octanol–water partition coefficient (Wildman–Crippen LogP) is 3.86. The molecule has 134 valence electrons. The van der Waals surface area contributed by atoms with Crippen molar-refractivity contribution in [3.8, 4) is 0 Å². The molecule has 26 heavy (non-hydrogen) atoms. The minimum Gasteiger partial charge on any atom is -0.291 e. The molecule has 1 heterocycles. The maximum absolute atomic E-state index is 13.1. The SMILES string of the molecule is NNC(=O)/C=C/c1nn(Cc2ccc(Cl)cc2Cl)c2cc(CF)ccc12. The van der Waals surface area contributed by atoms with E-state index in [9.17, 15) is 9.18 Å². The largest absolute Gasteiger partial charge is 0.291 e. The van der Waals surface area contributed by atoms with Gasteiger partial charge in [0, 0.05) is 21.5 Å². The van der Waals surface area contributed by atoms with Crippen LogP contribution in [0.15, 0.2) is 42.5 Å². The molecule has 1 amide bonds. The van der Waals surface area contributed by atoms with Gasteiger partial charge >= 0.3 is 0 Å². The maximum atomic E-state index is 13.1. The van der Waals surface area contributed by atoms with Crippen LogP contribution < -0.4 is 11.3 Å². The van der Waals surface area contributed by atoms with Gasteiger partial charge in [-0.15, -0.1) is 0 Å². The lowest BCUT2D eigenvalue weighted by Crippen LogP contribution is -2.27. The normalized spacial score (nSPS) is 11.4.